The van der Waals surface area contributed by atoms with E-state index in [1.807, 2.05) is 49.4 Å². The van der Waals surface area contributed by atoms with Crippen molar-refractivity contribution in [3.63, 3.8) is 0 Å². The van der Waals surface area contributed by atoms with Gasteiger partial charge in [-0.25, -0.2) is 0 Å². The molecule has 3 heteroatoms. The number of halogens is 1. The third kappa shape index (κ3) is 3.24. The Morgan fingerprint density at radius 3 is 2.47 bits per heavy atom. The molecule has 0 aromatic heterocycles. The van der Waals surface area contributed by atoms with Crippen LogP contribution in [-0.2, 0) is 6.42 Å². The van der Waals surface area contributed by atoms with E-state index in [0.29, 0.717) is 6.42 Å². The van der Waals surface area contributed by atoms with Crippen molar-refractivity contribution in [2.75, 3.05) is 7.11 Å². The average molecular weight is 319 g/mol. The van der Waals surface area contributed by atoms with E-state index in [1.54, 1.807) is 7.11 Å². The molecule has 0 aliphatic heterocycles. The lowest BCUT2D eigenvalue weighted by atomic mass is 10.0. The van der Waals surface area contributed by atoms with Gasteiger partial charge in [-0.3, -0.25) is 4.79 Å². The summed E-state index contributed by atoms with van der Waals surface area (Å²) in [5.74, 6) is 0.911. The van der Waals surface area contributed by atoms with Crippen molar-refractivity contribution >= 4 is 21.7 Å². The number of ether oxygens (including phenoxy) is 1. The molecule has 0 spiro atoms. The number of hydrogen-bond acceptors (Lipinski definition) is 2. The van der Waals surface area contributed by atoms with Gasteiger partial charge in [0.25, 0.3) is 0 Å². The van der Waals surface area contributed by atoms with E-state index in [0.717, 1.165) is 26.9 Å². The Labute approximate surface area is 121 Å². The zero-order valence-electron chi connectivity index (χ0n) is 10.9. The molecule has 0 radical (unpaired) electrons. The van der Waals surface area contributed by atoms with E-state index >= 15 is 0 Å². The summed E-state index contributed by atoms with van der Waals surface area (Å²) >= 11 is 3.48. The predicted molar refractivity (Wildman–Crippen MR) is 79.9 cm³/mol. The molecule has 0 atom stereocenters. The summed E-state index contributed by atoms with van der Waals surface area (Å²) in [5.41, 5.74) is 2.79. The lowest BCUT2D eigenvalue weighted by Crippen LogP contribution is -2.05. The van der Waals surface area contributed by atoms with Gasteiger partial charge in [-0.1, -0.05) is 30.3 Å². The number of Topliss-reactive ketones (excluding diaryl/α,β-unsaturated/α-hetero) is 1. The van der Waals surface area contributed by atoms with Crippen LogP contribution < -0.4 is 4.74 Å². The van der Waals surface area contributed by atoms with E-state index in [4.69, 9.17) is 4.74 Å². The highest BCUT2D eigenvalue weighted by Crippen LogP contribution is 2.23. The molecule has 2 aromatic carbocycles. The minimum atomic E-state index is 0.112. The molecule has 2 rings (SSSR count). The fourth-order valence-electron chi connectivity index (χ4n) is 1.89. The van der Waals surface area contributed by atoms with Crippen LogP contribution in [-0.4, -0.2) is 12.9 Å². The van der Waals surface area contributed by atoms with Gasteiger partial charge in [-0.2, -0.15) is 0 Å². The number of hydrogen-bond donors (Lipinski definition) is 0. The molecule has 0 unspecified atom stereocenters. The molecule has 0 saturated carbocycles. The molecule has 0 N–H and O–H groups in total. The van der Waals surface area contributed by atoms with Crippen LogP contribution in [0.25, 0.3) is 0 Å². The number of ketones is 1. The van der Waals surface area contributed by atoms with Crippen LogP contribution in [0.4, 0.5) is 0 Å². The van der Waals surface area contributed by atoms with Gasteiger partial charge in [0.2, 0.25) is 0 Å². The summed E-state index contributed by atoms with van der Waals surface area (Å²) in [6, 6.07) is 13.3. The number of methoxy groups -OCH3 is 1. The van der Waals surface area contributed by atoms with Crippen LogP contribution in [0.5, 0.6) is 5.75 Å². The first-order valence-electron chi connectivity index (χ1n) is 6.03. The summed E-state index contributed by atoms with van der Waals surface area (Å²) < 4.78 is 5.98. The van der Waals surface area contributed by atoms with E-state index in [9.17, 15) is 4.79 Å². The minimum absolute atomic E-state index is 0.112. The van der Waals surface area contributed by atoms with Crippen molar-refractivity contribution in [2.45, 2.75) is 13.3 Å². The molecule has 0 fully saturated rings. The van der Waals surface area contributed by atoms with Crippen LogP contribution in [0.1, 0.15) is 21.5 Å². The normalized spacial score (nSPS) is 10.3. The Balaban J connectivity index is 2.18. The van der Waals surface area contributed by atoms with Gasteiger partial charge < -0.3 is 4.74 Å². The lowest BCUT2D eigenvalue weighted by molar-refractivity contribution is 0.0992. The molecular weight excluding hydrogens is 304 g/mol. The van der Waals surface area contributed by atoms with Crippen molar-refractivity contribution in [3.8, 4) is 5.75 Å². The SMILES string of the molecule is COc1ccc(CC(=O)c2cccc(C)c2Br)cc1. The van der Waals surface area contributed by atoms with Gasteiger partial charge >= 0.3 is 0 Å². The fraction of sp³-hybridized carbons (Fsp3) is 0.188. The highest BCUT2D eigenvalue weighted by Gasteiger charge is 2.12. The maximum Gasteiger partial charge on any atom is 0.168 e. The van der Waals surface area contributed by atoms with Crippen LogP contribution in [0.2, 0.25) is 0 Å². The van der Waals surface area contributed by atoms with E-state index < -0.39 is 0 Å². The van der Waals surface area contributed by atoms with Gasteiger partial charge in [-0.15, -0.1) is 0 Å². The molecule has 2 nitrogen and oxygen atoms in total. The molecule has 19 heavy (non-hydrogen) atoms. The summed E-state index contributed by atoms with van der Waals surface area (Å²) in [6.45, 7) is 1.98. The van der Waals surface area contributed by atoms with E-state index in [1.165, 1.54) is 0 Å². The largest absolute Gasteiger partial charge is 0.497 e. The Morgan fingerprint density at radius 1 is 1.16 bits per heavy atom. The number of rotatable bonds is 4. The Bertz CT molecular complexity index is 588. The third-order valence-electron chi connectivity index (χ3n) is 3.02. The Hall–Kier alpha value is -1.61. The number of aryl methyl sites for hydroxylation is 1. The van der Waals surface area contributed by atoms with Gasteiger partial charge in [0, 0.05) is 16.5 Å². The van der Waals surface area contributed by atoms with Crippen molar-refractivity contribution in [2.24, 2.45) is 0 Å². The predicted octanol–water partition coefficient (Wildman–Crippen LogP) is 4.19. The van der Waals surface area contributed by atoms with Gasteiger partial charge in [0.15, 0.2) is 5.78 Å². The van der Waals surface area contributed by atoms with Crippen LogP contribution >= 0.6 is 15.9 Å². The molecule has 0 bridgehead atoms. The summed E-state index contributed by atoms with van der Waals surface area (Å²) in [5, 5.41) is 0. The van der Waals surface area contributed by atoms with Crippen molar-refractivity contribution in [3.05, 3.63) is 63.6 Å². The second kappa shape index (κ2) is 6.02. The highest BCUT2D eigenvalue weighted by atomic mass is 79.9. The molecule has 0 heterocycles. The van der Waals surface area contributed by atoms with Crippen molar-refractivity contribution in [1.82, 2.24) is 0 Å². The monoisotopic (exact) mass is 318 g/mol. The van der Waals surface area contributed by atoms with E-state index in [-0.39, 0.29) is 5.78 Å². The third-order valence-corrected chi connectivity index (χ3v) is 4.07. The topological polar surface area (TPSA) is 26.3 Å². The fourth-order valence-corrected chi connectivity index (χ4v) is 2.37. The first-order valence-corrected chi connectivity index (χ1v) is 6.82. The Morgan fingerprint density at radius 2 is 1.84 bits per heavy atom. The van der Waals surface area contributed by atoms with Crippen molar-refractivity contribution in [1.29, 1.82) is 0 Å². The highest BCUT2D eigenvalue weighted by molar-refractivity contribution is 9.10. The standard InChI is InChI=1S/C16H15BrO2/c1-11-4-3-5-14(16(11)17)15(18)10-12-6-8-13(19-2)9-7-12/h3-9H,10H2,1-2H3. The van der Waals surface area contributed by atoms with Gasteiger partial charge in [-0.05, 0) is 46.1 Å². The zero-order chi connectivity index (χ0) is 13.8. The lowest BCUT2D eigenvalue weighted by Gasteiger charge is -2.07. The summed E-state index contributed by atoms with van der Waals surface area (Å²) in [4.78, 5) is 12.3. The quantitative estimate of drug-likeness (QED) is 0.790. The maximum absolute atomic E-state index is 12.3. The first-order chi connectivity index (χ1) is 9.11. The summed E-state index contributed by atoms with van der Waals surface area (Å²) in [7, 11) is 1.63. The number of carbonyl (C=O) groups is 1. The smallest absolute Gasteiger partial charge is 0.168 e. The average Bonchev–Trinajstić information content (AvgIpc) is 2.42. The van der Waals surface area contributed by atoms with Crippen LogP contribution in [0, 0.1) is 6.92 Å². The van der Waals surface area contributed by atoms with Gasteiger partial charge in [0.1, 0.15) is 5.75 Å². The summed E-state index contributed by atoms with van der Waals surface area (Å²) in [6.07, 6.45) is 0.395. The molecule has 0 aliphatic carbocycles. The van der Waals surface area contributed by atoms with Crippen molar-refractivity contribution < 1.29 is 9.53 Å². The second-order valence-corrected chi connectivity index (χ2v) is 5.18. The molecule has 0 amide bonds. The molecule has 0 saturated heterocycles. The van der Waals surface area contributed by atoms with Crippen LogP contribution in [0.15, 0.2) is 46.9 Å². The first kappa shape index (κ1) is 13.8. The zero-order valence-corrected chi connectivity index (χ0v) is 12.5. The number of carbonyl (C=O) groups excluding carboxylic acids is 1. The Kier molecular flexibility index (Phi) is 4.38. The van der Waals surface area contributed by atoms with Crippen LogP contribution in [0.3, 0.4) is 0 Å². The van der Waals surface area contributed by atoms with Gasteiger partial charge in [0.05, 0.1) is 7.11 Å². The molecule has 98 valence electrons. The molecular formula is C16H15BrO2. The second-order valence-electron chi connectivity index (χ2n) is 4.38. The molecule has 0 aliphatic rings. The maximum atomic E-state index is 12.3. The molecule has 2 aromatic rings. The minimum Gasteiger partial charge on any atom is -0.497 e. The number of benzene rings is 2. The van der Waals surface area contributed by atoms with E-state index in [2.05, 4.69) is 15.9 Å².